The third-order valence-electron chi connectivity index (χ3n) is 2.52. The predicted molar refractivity (Wildman–Crippen MR) is 62.9 cm³/mol. The molecule has 19 heavy (non-hydrogen) atoms. The van der Waals surface area contributed by atoms with Crippen LogP contribution in [0.15, 0.2) is 47.2 Å². The quantitative estimate of drug-likeness (QED) is 0.709. The van der Waals surface area contributed by atoms with Gasteiger partial charge in [0.2, 0.25) is 5.82 Å². The van der Waals surface area contributed by atoms with Crippen molar-refractivity contribution >= 4 is 0 Å². The van der Waals surface area contributed by atoms with Crippen LogP contribution in [0.1, 0.15) is 0 Å². The number of pyridine rings is 1. The van der Waals surface area contributed by atoms with Crippen LogP contribution in [-0.2, 0) is 0 Å². The second kappa shape index (κ2) is 4.56. The summed E-state index contributed by atoms with van der Waals surface area (Å²) in [6.45, 7) is 0. The topological polar surface area (TPSA) is 51.8 Å². The van der Waals surface area contributed by atoms with E-state index in [1.54, 1.807) is 18.3 Å². The van der Waals surface area contributed by atoms with Crippen molar-refractivity contribution in [1.82, 2.24) is 15.1 Å². The van der Waals surface area contributed by atoms with E-state index >= 15 is 0 Å². The van der Waals surface area contributed by atoms with Gasteiger partial charge in [-0.2, -0.15) is 4.98 Å². The zero-order chi connectivity index (χ0) is 13.2. The van der Waals surface area contributed by atoms with Crippen molar-refractivity contribution in [3.63, 3.8) is 0 Å². The fraction of sp³-hybridized carbons (Fsp3) is 0. The molecule has 0 atom stereocenters. The Labute approximate surface area is 106 Å². The fourth-order valence-electron chi connectivity index (χ4n) is 1.64. The van der Waals surface area contributed by atoms with Crippen molar-refractivity contribution in [3.8, 4) is 22.8 Å². The summed E-state index contributed by atoms with van der Waals surface area (Å²) in [5.74, 6) is -1.45. The molecule has 0 bridgehead atoms. The Bertz CT molecular complexity index is 693. The minimum absolute atomic E-state index is 0.130. The normalized spacial score (nSPS) is 10.6. The summed E-state index contributed by atoms with van der Waals surface area (Å²) in [5.41, 5.74) is 0.277. The summed E-state index contributed by atoms with van der Waals surface area (Å²) in [5, 5.41) is 3.59. The van der Waals surface area contributed by atoms with Crippen LogP contribution in [0.5, 0.6) is 0 Å². The molecule has 3 rings (SSSR count). The van der Waals surface area contributed by atoms with Crippen molar-refractivity contribution in [2.75, 3.05) is 0 Å². The first kappa shape index (κ1) is 11.5. The Morgan fingerprint density at radius 3 is 2.47 bits per heavy atom. The van der Waals surface area contributed by atoms with Crippen LogP contribution in [0.3, 0.4) is 0 Å². The monoisotopic (exact) mass is 259 g/mol. The largest absolute Gasteiger partial charge is 0.334 e. The van der Waals surface area contributed by atoms with Gasteiger partial charge in [0.25, 0.3) is 5.89 Å². The molecule has 0 saturated heterocycles. The Kier molecular flexibility index (Phi) is 2.75. The molecular formula is C13H7F2N3O. The van der Waals surface area contributed by atoms with Crippen LogP contribution >= 0.6 is 0 Å². The van der Waals surface area contributed by atoms with Gasteiger partial charge in [0, 0.05) is 12.4 Å². The van der Waals surface area contributed by atoms with Gasteiger partial charge in [-0.15, -0.1) is 0 Å². The van der Waals surface area contributed by atoms with Crippen LogP contribution in [0.25, 0.3) is 22.8 Å². The molecule has 0 radical (unpaired) electrons. The highest BCUT2D eigenvalue weighted by Gasteiger charge is 2.17. The zero-order valence-electron chi connectivity index (χ0n) is 9.55. The first-order valence-corrected chi connectivity index (χ1v) is 5.44. The maximum absolute atomic E-state index is 13.6. The second-order valence-corrected chi connectivity index (χ2v) is 3.76. The number of nitrogens with zero attached hydrogens (tertiary/aromatic N) is 3. The minimum atomic E-state index is -0.737. The Balaban J connectivity index is 2.07. The molecule has 0 spiro atoms. The number of hydrogen-bond acceptors (Lipinski definition) is 4. The molecule has 2 heterocycles. The highest BCUT2D eigenvalue weighted by molar-refractivity contribution is 5.60. The smallest absolute Gasteiger partial charge is 0.259 e. The van der Waals surface area contributed by atoms with Gasteiger partial charge in [-0.1, -0.05) is 11.2 Å². The standard InChI is InChI=1S/C13H7F2N3O/c14-9-4-1-5-10(15)11(9)12-17-13(19-18-12)8-3-2-6-16-7-8/h1-7H. The summed E-state index contributed by atoms with van der Waals surface area (Å²) in [6, 6.07) is 6.96. The van der Waals surface area contributed by atoms with Crippen LogP contribution < -0.4 is 0 Å². The van der Waals surface area contributed by atoms with Gasteiger partial charge in [-0.25, -0.2) is 8.78 Å². The highest BCUT2D eigenvalue weighted by atomic mass is 19.1. The van der Waals surface area contributed by atoms with E-state index in [-0.39, 0.29) is 17.3 Å². The maximum Gasteiger partial charge on any atom is 0.259 e. The molecule has 3 aromatic rings. The van der Waals surface area contributed by atoms with Crippen LogP contribution in [0, 0.1) is 11.6 Å². The highest BCUT2D eigenvalue weighted by Crippen LogP contribution is 2.25. The second-order valence-electron chi connectivity index (χ2n) is 3.76. The Morgan fingerprint density at radius 1 is 1.00 bits per heavy atom. The molecular weight excluding hydrogens is 252 g/mol. The molecule has 4 nitrogen and oxygen atoms in total. The number of benzene rings is 1. The van der Waals surface area contributed by atoms with Gasteiger partial charge in [0.15, 0.2) is 0 Å². The van der Waals surface area contributed by atoms with Gasteiger partial charge in [0.05, 0.1) is 11.1 Å². The lowest BCUT2D eigenvalue weighted by atomic mass is 10.2. The molecule has 0 fully saturated rings. The van der Waals surface area contributed by atoms with Crippen molar-refractivity contribution in [2.24, 2.45) is 0 Å². The first-order valence-electron chi connectivity index (χ1n) is 5.44. The number of rotatable bonds is 2. The summed E-state index contributed by atoms with van der Waals surface area (Å²) in [6.07, 6.45) is 3.12. The van der Waals surface area contributed by atoms with Crippen LogP contribution in [0.4, 0.5) is 8.78 Å². The van der Waals surface area contributed by atoms with E-state index in [1.165, 1.54) is 12.3 Å². The molecule has 0 unspecified atom stereocenters. The summed E-state index contributed by atoms with van der Waals surface area (Å²) < 4.78 is 32.1. The van der Waals surface area contributed by atoms with E-state index in [9.17, 15) is 8.78 Å². The minimum Gasteiger partial charge on any atom is -0.334 e. The van der Waals surface area contributed by atoms with E-state index < -0.39 is 11.6 Å². The van der Waals surface area contributed by atoms with E-state index in [2.05, 4.69) is 15.1 Å². The average molecular weight is 259 g/mol. The average Bonchev–Trinajstić information content (AvgIpc) is 2.89. The molecule has 94 valence electrons. The lowest BCUT2D eigenvalue weighted by Gasteiger charge is -1.97. The maximum atomic E-state index is 13.6. The summed E-state index contributed by atoms with van der Waals surface area (Å²) >= 11 is 0. The zero-order valence-corrected chi connectivity index (χ0v) is 9.55. The van der Waals surface area contributed by atoms with E-state index in [0.717, 1.165) is 12.1 Å². The van der Waals surface area contributed by atoms with Crippen LogP contribution in [-0.4, -0.2) is 15.1 Å². The lowest BCUT2D eigenvalue weighted by Crippen LogP contribution is -1.91. The third kappa shape index (κ3) is 2.08. The summed E-state index contributed by atoms with van der Waals surface area (Å²) in [4.78, 5) is 7.88. The van der Waals surface area contributed by atoms with Gasteiger partial charge in [0.1, 0.15) is 11.6 Å². The molecule has 0 N–H and O–H groups in total. The van der Waals surface area contributed by atoms with Crippen LogP contribution in [0.2, 0.25) is 0 Å². The molecule has 1 aromatic carbocycles. The van der Waals surface area contributed by atoms with Gasteiger partial charge < -0.3 is 4.52 Å². The molecule has 0 aliphatic rings. The van der Waals surface area contributed by atoms with Crippen molar-refractivity contribution in [3.05, 3.63) is 54.4 Å². The number of halogens is 2. The van der Waals surface area contributed by atoms with Gasteiger partial charge in [-0.3, -0.25) is 4.98 Å². The lowest BCUT2D eigenvalue weighted by molar-refractivity contribution is 0.431. The third-order valence-corrected chi connectivity index (χ3v) is 2.52. The van der Waals surface area contributed by atoms with E-state index in [0.29, 0.717) is 5.56 Å². The van der Waals surface area contributed by atoms with Crippen molar-refractivity contribution in [2.45, 2.75) is 0 Å². The molecule has 6 heteroatoms. The molecule has 0 aliphatic heterocycles. The molecule has 0 saturated carbocycles. The van der Waals surface area contributed by atoms with Crippen molar-refractivity contribution in [1.29, 1.82) is 0 Å². The Hall–Kier alpha value is -2.63. The first-order chi connectivity index (χ1) is 9.25. The predicted octanol–water partition coefficient (Wildman–Crippen LogP) is 3.08. The Morgan fingerprint density at radius 2 is 1.79 bits per heavy atom. The van der Waals surface area contributed by atoms with E-state index in [4.69, 9.17) is 4.52 Å². The van der Waals surface area contributed by atoms with Crippen molar-refractivity contribution < 1.29 is 13.3 Å². The summed E-state index contributed by atoms with van der Waals surface area (Å²) in [7, 11) is 0. The van der Waals surface area contributed by atoms with E-state index in [1.807, 2.05) is 0 Å². The number of aromatic nitrogens is 3. The molecule has 0 aliphatic carbocycles. The number of hydrogen-bond donors (Lipinski definition) is 0. The molecule has 2 aromatic heterocycles. The van der Waals surface area contributed by atoms with Gasteiger partial charge in [-0.05, 0) is 24.3 Å². The fourth-order valence-corrected chi connectivity index (χ4v) is 1.64. The SMILES string of the molecule is Fc1cccc(F)c1-c1noc(-c2cccnc2)n1. The van der Waals surface area contributed by atoms with Gasteiger partial charge >= 0.3 is 0 Å². The molecule has 0 amide bonds.